The number of carbonyl (C=O) groups is 1. The molecular weight excluding hydrogens is 487 g/mol. The molecule has 0 saturated carbocycles. The molecule has 1 N–H and O–H groups in total. The first-order valence-corrected chi connectivity index (χ1v) is 12.5. The average molecular weight is 517 g/mol. The molecule has 2 aromatic heterocycles. The van der Waals surface area contributed by atoms with E-state index in [9.17, 15) is 19.1 Å². The molecule has 0 unspecified atom stereocenters. The number of nitrogens with zero attached hydrogens (tertiary/aromatic N) is 4. The van der Waals surface area contributed by atoms with Crippen molar-refractivity contribution in [1.29, 1.82) is 0 Å². The highest BCUT2D eigenvalue weighted by Crippen LogP contribution is 2.32. The van der Waals surface area contributed by atoms with Crippen LogP contribution in [0, 0.1) is 5.82 Å². The van der Waals surface area contributed by atoms with Gasteiger partial charge in [0.2, 0.25) is 5.43 Å². The quantitative estimate of drug-likeness (QED) is 0.465. The smallest absolute Gasteiger partial charge is 0.274 e. The number of aromatic nitrogens is 3. The maximum Gasteiger partial charge on any atom is 0.274 e. The molecule has 0 bridgehead atoms. The van der Waals surface area contributed by atoms with Gasteiger partial charge in [-0.05, 0) is 38.5 Å². The molecule has 2 atom stereocenters. The fourth-order valence-corrected chi connectivity index (χ4v) is 5.03. The number of aromatic hydroxyl groups is 1. The molecule has 1 amide bonds. The number of ether oxygens (including phenoxy) is 2. The van der Waals surface area contributed by atoms with Crippen molar-refractivity contribution in [2.24, 2.45) is 0 Å². The first-order valence-electron chi connectivity index (χ1n) is 11.7. The predicted molar refractivity (Wildman–Crippen MR) is 133 cm³/mol. The molecule has 4 rings (SSSR count). The van der Waals surface area contributed by atoms with Crippen LogP contribution in [0.1, 0.15) is 47.9 Å². The summed E-state index contributed by atoms with van der Waals surface area (Å²) in [5.74, 6) is -1.36. The van der Waals surface area contributed by atoms with Crippen LogP contribution < -0.4 is 5.43 Å². The molecule has 0 fully saturated rings. The van der Waals surface area contributed by atoms with Gasteiger partial charge >= 0.3 is 0 Å². The summed E-state index contributed by atoms with van der Waals surface area (Å²) in [5.41, 5.74) is 0.260. The fraction of sp³-hybridized carbons (Fsp3) is 0.440. The third kappa shape index (κ3) is 5.32. The summed E-state index contributed by atoms with van der Waals surface area (Å²) in [6.45, 7) is 6.67. The summed E-state index contributed by atoms with van der Waals surface area (Å²) in [7, 11) is 1.59. The zero-order valence-corrected chi connectivity index (χ0v) is 21.4. The van der Waals surface area contributed by atoms with Gasteiger partial charge in [-0.25, -0.2) is 4.39 Å². The molecule has 1 aliphatic rings. The van der Waals surface area contributed by atoms with Crippen LogP contribution in [0.15, 0.2) is 35.3 Å². The van der Waals surface area contributed by atoms with Crippen LogP contribution in [0.25, 0.3) is 10.6 Å². The van der Waals surface area contributed by atoms with Crippen LogP contribution >= 0.6 is 11.3 Å². The molecule has 0 spiro atoms. The Balaban J connectivity index is 1.70. The summed E-state index contributed by atoms with van der Waals surface area (Å²) in [6.07, 6.45) is 1.81. The molecular formula is C25H29FN4O5S. The number of amides is 1. The van der Waals surface area contributed by atoms with Gasteiger partial charge in [0, 0.05) is 32.3 Å². The molecule has 11 heteroatoms. The van der Waals surface area contributed by atoms with E-state index in [0.29, 0.717) is 29.6 Å². The van der Waals surface area contributed by atoms with E-state index in [1.807, 2.05) is 20.8 Å². The lowest BCUT2D eigenvalue weighted by Gasteiger charge is -2.38. The van der Waals surface area contributed by atoms with Gasteiger partial charge in [0.15, 0.2) is 16.5 Å². The number of methoxy groups -OCH3 is 1. The molecule has 0 radical (unpaired) electrons. The minimum absolute atomic E-state index is 0.0623. The van der Waals surface area contributed by atoms with Crippen LogP contribution in [-0.2, 0) is 15.9 Å². The lowest BCUT2D eigenvalue weighted by atomic mass is 10.1. The Bertz CT molecular complexity index is 1290. The van der Waals surface area contributed by atoms with Crippen molar-refractivity contribution in [1.82, 2.24) is 19.7 Å². The Morgan fingerprint density at radius 3 is 2.58 bits per heavy atom. The van der Waals surface area contributed by atoms with Crippen molar-refractivity contribution in [3.05, 3.63) is 62.8 Å². The Morgan fingerprint density at radius 2 is 1.92 bits per heavy atom. The van der Waals surface area contributed by atoms with Gasteiger partial charge in [0.1, 0.15) is 10.8 Å². The van der Waals surface area contributed by atoms with Crippen molar-refractivity contribution in [2.45, 2.75) is 45.4 Å². The molecule has 9 nitrogen and oxygen atoms in total. The average Bonchev–Trinajstić information content (AvgIpc) is 3.30. The van der Waals surface area contributed by atoms with E-state index in [2.05, 4.69) is 10.2 Å². The Kier molecular flexibility index (Phi) is 7.82. The van der Waals surface area contributed by atoms with E-state index in [1.54, 1.807) is 34.9 Å². The summed E-state index contributed by atoms with van der Waals surface area (Å²) < 4.78 is 25.9. The van der Waals surface area contributed by atoms with Crippen LogP contribution in [0.5, 0.6) is 5.75 Å². The maximum atomic E-state index is 13.2. The summed E-state index contributed by atoms with van der Waals surface area (Å²) in [4.78, 5) is 28.0. The van der Waals surface area contributed by atoms with E-state index in [-0.39, 0.29) is 41.9 Å². The number of hydrogen-bond donors (Lipinski definition) is 1. The highest BCUT2D eigenvalue weighted by molar-refractivity contribution is 7.14. The summed E-state index contributed by atoms with van der Waals surface area (Å²) >= 11 is 1.21. The Morgan fingerprint density at radius 1 is 1.19 bits per heavy atom. The molecule has 3 heterocycles. The molecule has 1 aromatic carbocycles. The molecule has 1 aliphatic heterocycles. The third-order valence-electron chi connectivity index (χ3n) is 6.04. The van der Waals surface area contributed by atoms with Crippen LogP contribution in [0.3, 0.4) is 0 Å². The molecule has 0 saturated heterocycles. The fourth-order valence-electron chi connectivity index (χ4n) is 4.15. The lowest BCUT2D eigenvalue weighted by Crippen LogP contribution is -2.48. The van der Waals surface area contributed by atoms with Gasteiger partial charge in [-0.2, -0.15) is 0 Å². The minimum Gasteiger partial charge on any atom is -0.503 e. The van der Waals surface area contributed by atoms with Crippen LogP contribution in [-0.4, -0.2) is 69.7 Å². The van der Waals surface area contributed by atoms with Gasteiger partial charge < -0.3 is 24.0 Å². The summed E-state index contributed by atoms with van der Waals surface area (Å²) in [6, 6.07) is 5.61. The van der Waals surface area contributed by atoms with Gasteiger partial charge in [0.05, 0.1) is 30.9 Å². The second kappa shape index (κ2) is 10.9. The van der Waals surface area contributed by atoms with Gasteiger partial charge in [0.25, 0.3) is 5.91 Å². The van der Waals surface area contributed by atoms with Crippen molar-refractivity contribution in [3.63, 3.8) is 0 Å². The SMILES string of the molecule is COC[C@@H](C)OC[C@H]1CN(C(C)C)C(=O)c2c(O)c(=O)c(-c3nnc(Cc4ccc(F)cc4)s3)cn21. The highest BCUT2D eigenvalue weighted by Gasteiger charge is 2.36. The third-order valence-corrected chi connectivity index (χ3v) is 6.99. The summed E-state index contributed by atoms with van der Waals surface area (Å²) in [5, 5.41) is 20.2. The normalized spacial score (nSPS) is 16.4. The number of fused-ring (bicyclic) bond motifs is 1. The van der Waals surface area contributed by atoms with Crippen molar-refractivity contribution in [2.75, 3.05) is 26.9 Å². The predicted octanol–water partition coefficient (Wildman–Crippen LogP) is 3.26. The van der Waals surface area contributed by atoms with E-state index < -0.39 is 17.1 Å². The van der Waals surface area contributed by atoms with Gasteiger partial charge in [-0.15, -0.1) is 10.2 Å². The second-order valence-corrected chi connectivity index (χ2v) is 10.1. The first-order chi connectivity index (χ1) is 17.2. The monoisotopic (exact) mass is 516 g/mol. The first kappa shape index (κ1) is 25.9. The zero-order valence-electron chi connectivity index (χ0n) is 20.6. The number of benzene rings is 1. The number of halogens is 1. The molecule has 36 heavy (non-hydrogen) atoms. The number of rotatable bonds is 9. The minimum atomic E-state index is -0.683. The Hall–Kier alpha value is -3.15. The van der Waals surface area contributed by atoms with E-state index in [4.69, 9.17) is 9.47 Å². The largest absolute Gasteiger partial charge is 0.503 e. The van der Waals surface area contributed by atoms with Gasteiger partial charge in [-0.1, -0.05) is 23.5 Å². The van der Waals surface area contributed by atoms with Crippen molar-refractivity contribution < 1.29 is 23.8 Å². The topological polar surface area (TPSA) is 107 Å². The van der Waals surface area contributed by atoms with Crippen LogP contribution in [0.2, 0.25) is 0 Å². The van der Waals surface area contributed by atoms with Crippen molar-refractivity contribution in [3.8, 4) is 16.3 Å². The maximum absolute atomic E-state index is 13.2. The van der Waals surface area contributed by atoms with E-state index in [1.165, 1.54) is 23.5 Å². The highest BCUT2D eigenvalue weighted by atomic mass is 32.1. The lowest BCUT2D eigenvalue weighted by molar-refractivity contribution is -0.0135. The number of pyridine rings is 1. The molecule has 192 valence electrons. The molecule has 0 aliphatic carbocycles. The second-order valence-electron chi connectivity index (χ2n) is 9.08. The molecule has 3 aromatic rings. The van der Waals surface area contributed by atoms with E-state index >= 15 is 0 Å². The van der Waals surface area contributed by atoms with Gasteiger partial charge in [-0.3, -0.25) is 9.59 Å². The number of hydrogen-bond acceptors (Lipinski definition) is 8. The van der Waals surface area contributed by atoms with E-state index in [0.717, 1.165) is 5.56 Å². The Labute approximate surface area is 212 Å². The van der Waals surface area contributed by atoms with Crippen LogP contribution in [0.4, 0.5) is 4.39 Å². The number of carbonyl (C=O) groups excluding carboxylic acids is 1. The standard InChI is InChI=1S/C25H29FN4O5S/c1-14(2)29-10-18(13-35-15(3)12-34-4)30-11-19(22(31)23(32)21(30)25(29)33)24-28-27-20(36-24)9-16-5-7-17(26)8-6-16/h5-8,11,14-15,18,32H,9-10,12-13H2,1-4H3/t15-,18-/m1/s1. The van der Waals surface area contributed by atoms with Crippen molar-refractivity contribution >= 4 is 17.2 Å². The zero-order chi connectivity index (χ0) is 26.0.